The van der Waals surface area contributed by atoms with Crippen molar-refractivity contribution in [3.63, 3.8) is 0 Å². The molecular weight excluding hydrogens is 378 g/mol. The number of nitrogens with one attached hydrogen (secondary N) is 1. The summed E-state index contributed by atoms with van der Waals surface area (Å²) in [4.78, 5) is 31.4. The molecule has 0 radical (unpaired) electrons. The van der Waals surface area contributed by atoms with Crippen LogP contribution in [-0.4, -0.2) is 28.8 Å². The number of ether oxygens (including phenoxy) is 1. The van der Waals surface area contributed by atoms with E-state index in [-0.39, 0.29) is 11.8 Å². The highest BCUT2D eigenvalue weighted by Gasteiger charge is 2.29. The summed E-state index contributed by atoms with van der Waals surface area (Å²) in [6.07, 6.45) is 3.36. The van der Waals surface area contributed by atoms with Crippen LogP contribution in [-0.2, 0) is 22.7 Å². The van der Waals surface area contributed by atoms with Gasteiger partial charge in [-0.15, -0.1) is 0 Å². The SMILES string of the molecule is COc1ccc(CN(C(C)=O)[C@@H](C(=O)NCc2ccncc2)c2ccccc2)cc1. The number of hydrogen-bond acceptors (Lipinski definition) is 4. The average molecular weight is 403 g/mol. The minimum absolute atomic E-state index is 0.182. The van der Waals surface area contributed by atoms with Crippen molar-refractivity contribution in [2.45, 2.75) is 26.1 Å². The summed E-state index contributed by atoms with van der Waals surface area (Å²) in [6, 6.07) is 19.8. The second-order valence-corrected chi connectivity index (χ2v) is 6.88. The highest BCUT2D eigenvalue weighted by atomic mass is 16.5. The van der Waals surface area contributed by atoms with Crippen LogP contribution >= 0.6 is 0 Å². The number of carbonyl (C=O) groups is 2. The molecule has 0 aliphatic rings. The zero-order chi connectivity index (χ0) is 21.3. The molecule has 0 saturated heterocycles. The van der Waals surface area contributed by atoms with Gasteiger partial charge < -0.3 is 15.0 Å². The van der Waals surface area contributed by atoms with Crippen LogP contribution in [0.5, 0.6) is 5.75 Å². The molecule has 0 aliphatic carbocycles. The van der Waals surface area contributed by atoms with Gasteiger partial charge in [0.15, 0.2) is 0 Å². The van der Waals surface area contributed by atoms with Gasteiger partial charge in [0.1, 0.15) is 11.8 Å². The lowest BCUT2D eigenvalue weighted by molar-refractivity contribution is -0.140. The summed E-state index contributed by atoms with van der Waals surface area (Å²) >= 11 is 0. The Morgan fingerprint density at radius 1 is 0.967 bits per heavy atom. The summed E-state index contributed by atoms with van der Waals surface area (Å²) in [5, 5.41) is 2.96. The van der Waals surface area contributed by atoms with E-state index in [2.05, 4.69) is 10.3 Å². The Morgan fingerprint density at radius 2 is 1.63 bits per heavy atom. The summed E-state index contributed by atoms with van der Waals surface area (Å²) in [6.45, 7) is 2.15. The van der Waals surface area contributed by atoms with E-state index in [4.69, 9.17) is 4.74 Å². The first-order valence-electron chi connectivity index (χ1n) is 9.70. The molecule has 3 rings (SSSR count). The van der Waals surface area contributed by atoms with E-state index in [1.54, 1.807) is 24.4 Å². The van der Waals surface area contributed by atoms with E-state index in [0.29, 0.717) is 13.1 Å². The van der Waals surface area contributed by atoms with E-state index in [1.807, 2.05) is 66.7 Å². The first kappa shape index (κ1) is 21.0. The van der Waals surface area contributed by atoms with Gasteiger partial charge in [-0.05, 0) is 41.0 Å². The quantitative estimate of drug-likeness (QED) is 0.625. The summed E-state index contributed by atoms with van der Waals surface area (Å²) in [5.41, 5.74) is 2.61. The molecule has 1 N–H and O–H groups in total. The molecule has 1 heterocycles. The van der Waals surface area contributed by atoms with Crippen molar-refractivity contribution >= 4 is 11.8 Å². The largest absolute Gasteiger partial charge is 0.497 e. The third kappa shape index (κ3) is 5.44. The fourth-order valence-corrected chi connectivity index (χ4v) is 3.21. The van der Waals surface area contributed by atoms with Gasteiger partial charge in [-0.25, -0.2) is 0 Å². The van der Waals surface area contributed by atoms with Crippen LogP contribution < -0.4 is 10.1 Å². The Morgan fingerprint density at radius 3 is 2.23 bits per heavy atom. The highest BCUT2D eigenvalue weighted by Crippen LogP contribution is 2.24. The zero-order valence-corrected chi connectivity index (χ0v) is 17.1. The van der Waals surface area contributed by atoms with Crippen molar-refractivity contribution in [2.75, 3.05) is 7.11 Å². The lowest BCUT2D eigenvalue weighted by Gasteiger charge is -2.30. The molecule has 2 aromatic carbocycles. The van der Waals surface area contributed by atoms with Gasteiger partial charge >= 0.3 is 0 Å². The van der Waals surface area contributed by atoms with Gasteiger partial charge in [-0.3, -0.25) is 14.6 Å². The Labute approximate surface area is 176 Å². The summed E-state index contributed by atoms with van der Waals surface area (Å²) < 4.78 is 5.20. The van der Waals surface area contributed by atoms with Gasteiger partial charge in [0, 0.05) is 32.4 Å². The molecule has 0 aliphatic heterocycles. The van der Waals surface area contributed by atoms with Gasteiger partial charge in [-0.1, -0.05) is 42.5 Å². The van der Waals surface area contributed by atoms with E-state index < -0.39 is 6.04 Å². The van der Waals surface area contributed by atoms with Crippen molar-refractivity contribution < 1.29 is 14.3 Å². The van der Waals surface area contributed by atoms with Crippen molar-refractivity contribution in [2.24, 2.45) is 0 Å². The second kappa shape index (κ2) is 10.2. The molecule has 1 atom stereocenters. The minimum atomic E-state index is -0.743. The third-order valence-electron chi connectivity index (χ3n) is 4.81. The van der Waals surface area contributed by atoms with E-state index in [9.17, 15) is 9.59 Å². The Hall–Kier alpha value is -3.67. The number of carbonyl (C=O) groups excluding carboxylic acids is 2. The maximum atomic E-state index is 13.2. The molecule has 0 unspecified atom stereocenters. The topological polar surface area (TPSA) is 71.5 Å². The van der Waals surface area contributed by atoms with Crippen molar-refractivity contribution in [3.05, 3.63) is 95.8 Å². The molecule has 30 heavy (non-hydrogen) atoms. The smallest absolute Gasteiger partial charge is 0.247 e. The molecule has 0 saturated carbocycles. The highest BCUT2D eigenvalue weighted by molar-refractivity contribution is 5.88. The van der Waals surface area contributed by atoms with Crippen LogP contribution in [0.3, 0.4) is 0 Å². The Balaban J connectivity index is 1.86. The van der Waals surface area contributed by atoms with Crippen molar-refractivity contribution in [1.29, 1.82) is 0 Å². The molecule has 3 aromatic rings. The number of nitrogens with zero attached hydrogens (tertiary/aromatic N) is 2. The fourth-order valence-electron chi connectivity index (χ4n) is 3.21. The van der Waals surface area contributed by atoms with Gasteiger partial charge in [0.25, 0.3) is 0 Å². The van der Waals surface area contributed by atoms with E-state index in [1.165, 1.54) is 6.92 Å². The third-order valence-corrected chi connectivity index (χ3v) is 4.81. The van der Waals surface area contributed by atoms with E-state index >= 15 is 0 Å². The maximum absolute atomic E-state index is 13.2. The minimum Gasteiger partial charge on any atom is -0.497 e. The normalized spacial score (nSPS) is 11.4. The molecule has 6 nitrogen and oxygen atoms in total. The Kier molecular flexibility index (Phi) is 7.16. The van der Waals surface area contributed by atoms with Crippen LogP contribution in [0.25, 0.3) is 0 Å². The predicted molar refractivity (Wildman–Crippen MR) is 114 cm³/mol. The van der Waals surface area contributed by atoms with Crippen LogP contribution in [0.2, 0.25) is 0 Å². The first-order chi connectivity index (χ1) is 14.6. The number of aromatic nitrogens is 1. The van der Waals surface area contributed by atoms with Crippen molar-refractivity contribution in [3.8, 4) is 5.75 Å². The molecular formula is C24H25N3O3. The number of benzene rings is 2. The standard InChI is InChI=1S/C24H25N3O3/c1-18(28)27(17-20-8-10-22(30-2)11-9-20)23(21-6-4-3-5-7-21)24(29)26-16-19-12-14-25-15-13-19/h3-15,23H,16-17H2,1-2H3,(H,26,29)/t23-/m1/s1. The fraction of sp³-hybridized carbons (Fsp3) is 0.208. The number of amides is 2. The van der Waals surface area contributed by atoms with Crippen molar-refractivity contribution in [1.82, 2.24) is 15.2 Å². The molecule has 154 valence electrons. The maximum Gasteiger partial charge on any atom is 0.247 e. The summed E-state index contributed by atoms with van der Waals surface area (Å²) in [5.74, 6) is 0.322. The van der Waals surface area contributed by atoms with Gasteiger partial charge in [0.05, 0.1) is 7.11 Å². The molecule has 6 heteroatoms. The van der Waals surface area contributed by atoms with Crippen LogP contribution in [0.15, 0.2) is 79.1 Å². The lowest BCUT2D eigenvalue weighted by atomic mass is 10.0. The van der Waals surface area contributed by atoms with Gasteiger partial charge in [-0.2, -0.15) is 0 Å². The second-order valence-electron chi connectivity index (χ2n) is 6.88. The molecule has 2 amide bonds. The zero-order valence-electron chi connectivity index (χ0n) is 17.1. The summed E-state index contributed by atoms with van der Waals surface area (Å²) in [7, 11) is 1.61. The number of hydrogen-bond donors (Lipinski definition) is 1. The number of methoxy groups -OCH3 is 1. The van der Waals surface area contributed by atoms with Crippen LogP contribution in [0, 0.1) is 0 Å². The van der Waals surface area contributed by atoms with Crippen LogP contribution in [0.1, 0.15) is 29.7 Å². The predicted octanol–water partition coefficient (Wildman–Crippen LogP) is 3.50. The number of pyridine rings is 1. The number of rotatable bonds is 8. The van der Waals surface area contributed by atoms with Gasteiger partial charge in [0.2, 0.25) is 11.8 Å². The first-order valence-corrected chi connectivity index (χ1v) is 9.70. The molecule has 0 fully saturated rings. The average Bonchev–Trinajstić information content (AvgIpc) is 2.79. The van der Waals surface area contributed by atoms with E-state index in [0.717, 1.165) is 22.4 Å². The monoisotopic (exact) mass is 403 g/mol. The lowest BCUT2D eigenvalue weighted by Crippen LogP contribution is -2.42. The molecule has 0 bridgehead atoms. The Bertz CT molecular complexity index is 960. The molecule has 1 aromatic heterocycles. The molecule has 0 spiro atoms. The van der Waals surface area contributed by atoms with Crippen LogP contribution in [0.4, 0.5) is 0 Å².